The van der Waals surface area contributed by atoms with Crippen LogP contribution in [0.4, 0.5) is 0 Å². The Morgan fingerprint density at radius 2 is 2.04 bits per heavy atom. The fourth-order valence-corrected chi connectivity index (χ4v) is 5.55. The van der Waals surface area contributed by atoms with Crippen LogP contribution < -0.4 is 4.74 Å². The summed E-state index contributed by atoms with van der Waals surface area (Å²) < 4.78 is 8.95. The van der Waals surface area contributed by atoms with E-state index in [1.165, 1.54) is 32.6 Å². The quantitative estimate of drug-likeness (QED) is 0.590. The minimum Gasteiger partial charge on any atom is -0.482 e. The van der Waals surface area contributed by atoms with Gasteiger partial charge in [-0.15, -0.1) is 11.8 Å². The summed E-state index contributed by atoms with van der Waals surface area (Å²) in [6, 6.07) is 15.3. The highest BCUT2D eigenvalue weighted by atomic mass is 32.2. The summed E-state index contributed by atoms with van der Waals surface area (Å²) in [5, 5.41) is 2.73. The predicted octanol–water partition coefficient (Wildman–Crippen LogP) is 4.81. The molecule has 0 bridgehead atoms. The number of hydrogen-bond acceptors (Lipinski definition) is 2. The van der Waals surface area contributed by atoms with Crippen molar-refractivity contribution in [3.05, 3.63) is 59.2 Å². The minimum absolute atomic E-state index is 0.183. The van der Waals surface area contributed by atoms with Crippen molar-refractivity contribution >= 4 is 22.7 Å². The van der Waals surface area contributed by atoms with E-state index in [-0.39, 0.29) is 5.60 Å². The Kier molecular flexibility index (Phi) is 2.70. The fourth-order valence-electron chi connectivity index (χ4n) is 4.20. The Labute approximate surface area is 140 Å². The van der Waals surface area contributed by atoms with Gasteiger partial charge in [-0.1, -0.05) is 35.9 Å². The molecule has 2 aromatic carbocycles. The molecule has 0 amide bonds. The second-order valence-electron chi connectivity index (χ2n) is 6.74. The summed E-state index contributed by atoms with van der Waals surface area (Å²) in [4.78, 5) is 0. The zero-order chi connectivity index (χ0) is 15.6. The molecule has 0 fully saturated rings. The molecule has 1 spiro atoms. The molecular weight excluding hydrogens is 302 g/mol. The van der Waals surface area contributed by atoms with E-state index in [9.17, 15) is 0 Å². The zero-order valence-corrected chi connectivity index (χ0v) is 14.2. The van der Waals surface area contributed by atoms with Crippen molar-refractivity contribution in [1.29, 1.82) is 0 Å². The normalized spacial score (nSPS) is 22.2. The molecule has 0 saturated heterocycles. The molecular formula is C20H19NOS. The molecule has 116 valence electrons. The van der Waals surface area contributed by atoms with Crippen molar-refractivity contribution in [3.63, 3.8) is 0 Å². The van der Waals surface area contributed by atoms with E-state index in [4.69, 9.17) is 4.74 Å². The number of benzene rings is 2. The lowest BCUT2D eigenvalue weighted by molar-refractivity contribution is 0.0858. The van der Waals surface area contributed by atoms with Gasteiger partial charge < -0.3 is 9.30 Å². The molecule has 0 N–H and O–H groups in total. The van der Waals surface area contributed by atoms with Crippen LogP contribution in [0, 0.1) is 6.92 Å². The molecule has 0 aliphatic carbocycles. The molecule has 2 nitrogen and oxygen atoms in total. The van der Waals surface area contributed by atoms with Crippen LogP contribution in [0.15, 0.2) is 47.5 Å². The number of ether oxygens (including phenoxy) is 1. The number of nitrogens with zero attached hydrogens (tertiary/aromatic N) is 1. The van der Waals surface area contributed by atoms with Gasteiger partial charge in [-0.2, -0.15) is 0 Å². The van der Waals surface area contributed by atoms with Crippen LogP contribution in [-0.2, 0) is 19.1 Å². The molecule has 3 aromatic rings. The molecule has 0 saturated carbocycles. The summed E-state index contributed by atoms with van der Waals surface area (Å²) >= 11 is 1.97. The first-order valence-corrected chi connectivity index (χ1v) is 9.16. The Balaban J connectivity index is 1.76. The highest BCUT2D eigenvalue weighted by Gasteiger charge is 2.46. The van der Waals surface area contributed by atoms with E-state index >= 15 is 0 Å². The molecule has 2 aliphatic rings. The van der Waals surface area contributed by atoms with E-state index in [1.54, 1.807) is 0 Å². The minimum atomic E-state index is -0.183. The highest BCUT2D eigenvalue weighted by molar-refractivity contribution is 7.99. The summed E-state index contributed by atoms with van der Waals surface area (Å²) in [6.07, 6.45) is 2.07. The molecule has 2 aliphatic heterocycles. The first-order valence-electron chi connectivity index (χ1n) is 8.17. The summed E-state index contributed by atoms with van der Waals surface area (Å²) in [5.74, 6) is 2.19. The van der Waals surface area contributed by atoms with Crippen LogP contribution in [-0.4, -0.2) is 10.3 Å². The molecule has 5 rings (SSSR count). The largest absolute Gasteiger partial charge is 0.482 e. The number of para-hydroxylation sites is 1. The number of aromatic nitrogens is 1. The van der Waals surface area contributed by atoms with Gasteiger partial charge in [0.05, 0.1) is 5.03 Å². The van der Waals surface area contributed by atoms with Gasteiger partial charge in [-0.3, -0.25) is 0 Å². The SMILES string of the molecule is Cc1ccc2c(c1)CC1(CCSc3c1c1ccccc1n3C)O2. The van der Waals surface area contributed by atoms with Gasteiger partial charge in [0.2, 0.25) is 0 Å². The average molecular weight is 321 g/mol. The molecule has 3 heterocycles. The number of aryl methyl sites for hydroxylation is 2. The van der Waals surface area contributed by atoms with Crippen LogP contribution in [0.3, 0.4) is 0 Å². The predicted molar refractivity (Wildman–Crippen MR) is 95.4 cm³/mol. The smallest absolute Gasteiger partial charge is 0.142 e. The summed E-state index contributed by atoms with van der Waals surface area (Å²) in [6.45, 7) is 2.16. The van der Waals surface area contributed by atoms with Gasteiger partial charge >= 0.3 is 0 Å². The summed E-state index contributed by atoms with van der Waals surface area (Å²) in [5.41, 5.74) is 5.20. The van der Waals surface area contributed by atoms with Crippen molar-refractivity contribution in [1.82, 2.24) is 4.57 Å². The van der Waals surface area contributed by atoms with Crippen molar-refractivity contribution in [2.24, 2.45) is 7.05 Å². The fraction of sp³-hybridized carbons (Fsp3) is 0.300. The van der Waals surface area contributed by atoms with Crippen LogP contribution in [0.2, 0.25) is 0 Å². The maximum absolute atomic E-state index is 6.61. The maximum Gasteiger partial charge on any atom is 0.142 e. The third kappa shape index (κ3) is 1.77. The molecule has 0 radical (unpaired) electrons. The lowest BCUT2D eigenvalue weighted by Crippen LogP contribution is -2.34. The molecule has 1 unspecified atom stereocenters. The Morgan fingerprint density at radius 1 is 1.17 bits per heavy atom. The summed E-state index contributed by atoms with van der Waals surface area (Å²) in [7, 11) is 2.18. The van der Waals surface area contributed by atoms with E-state index in [0.717, 1.165) is 24.3 Å². The molecule has 23 heavy (non-hydrogen) atoms. The maximum atomic E-state index is 6.61. The standard InChI is InChI=1S/C20H19NOS/c1-13-7-8-17-14(11-13)12-20(22-17)9-10-23-19-18(20)15-5-3-4-6-16(15)21(19)2/h3-8,11H,9-10,12H2,1-2H3. The molecule has 1 atom stereocenters. The highest BCUT2D eigenvalue weighted by Crippen LogP contribution is 2.53. The van der Waals surface area contributed by atoms with Gasteiger partial charge in [-0.25, -0.2) is 0 Å². The third-order valence-corrected chi connectivity index (χ3v) is 6.41. The van der Waals surface area contributed by atoms with Gasteiger partial charge in [0.25, 0.3) is 0 Å². The van der Waals surface area contributed by atoms with Gasteiger partial charge in [0.15, 0.2) is 0 Å². The average Bonchev–Trinajstić information content (AvgIpc) is 3.05. The molecule has 1 aromatic heterocycles. The van der Waals surface area contributed by atoms with Crippen molar-refractivity contribution < 1.29 is 4.74 Å². The van der Waals surface area contributed by atoms with Crippen molar-refractivity contribution in [2.75, 3.05) is 5.75 Å². The number of thioether (sulfide) groups is 1. The van der Waals surface area contributed by atoms with E-state index in [1.807, 2.05) is 11.8 Å². The third-order valence-electron chi connectivity index (χ3n) is 5.25. The lowest BCUT2D eigenvalue weighted by Gasteiger charge is -2.33. The Morgan fingerprint density at radius 3 is 2.96 bits per heavy atom. The van der Waals surface area contributed by atoms with Crippen LogP contribution >= 0.6 is 11.8 Å². The van der Waals surface area contributed by atoms with Gasteiger partial charge in [-0.05, 0) is 24.6 Å². The van der Waals surface area contributed by atoms with E-state index < -0.39 is 0 Å². The Hall–Kier alpha value is -1.87. The Bertz CT molecular complexity index is 942. The van der Waals surface area contributed by atoms with E-state index in [2.05, 4.69) is 61.0 Å². The monoisotopic (exact) mass is 321 g/mol. The van der Waals surface area contributed by atoms with Gasteiger partial charge in [0.1, 0.15) is 11.4 Å². The van der Waals surface area contributed by atoms with Crippen molar-refractivity contribution in [2.45, 2.75) is 30.4 Å². The van der Waals surface area contributed by atoms with Crippen molar-refractivity contribution in [3.8, 4) is 5.75 Å². The first kappa shape index (κ1) is 13.6. The lowest BCUT2D eigenvalue weighted by atomic mass is 9.86. The van der Waals surface area contributed by atoms with Crippen LogP contribution in [0.5, 0.6) is 5.75 Å². The number of hydrogen-bond donors (Lipinski definition) is 0. The van der Waals surface area contributed by atoms with E-state index in [0.29, 0.717) is 0 Å². The number of rotatable bonds is 0. The second-order valence-corrected chi connectivity index (χ2v) is 7.82. The topological polar surface area (TPSA) is 14.2 Å². The van der Waals surface area contributed by atoms with Crippen LogP contribution in [0.1, 0.15) is 23.1 Å². The van der Waals surface area contributed by atoms with Gasteiger partial charge in [0, 0.05) is 42.1 Å². The zero-order valence-electron chi connectivity index (χ0n) is 13.4. The molecule has 3 heteroatoms. The van der Waals surface area contributed by atoms with Crippen LogP contribution in [0.25, 0.3) is 10.9 Å². The number of fused-ring (bicyclic) bond motifs is 5. The second kappa shape index (κ2) is 4.57. The first-order chi connectivity index (χ1) is 11.2.